The second-order valence-electron chi connectivity index (χ2n) is 7.90. The third kappa shape index (κ3) is 4.75. The van der Waals surface area contributed by atoms with Crippen LogP contribution in [0.15, 0.2) is 42.7 Å². The number of carbonyl (C=O) groups excluding carboxylic acids is 2. The monoisotopic (exact) mass is 479 g/mol. The van der Waals surface area contributed by atoms with Crippen LogP contribution in [0, 0.1) is 5.92 Å². The average molecular weight is 480 g/mol. The van der Waals surface area contributed by atoms with Crippen LogP contribution in [0.2, 0.25) is 5.02 Å². The number of benzene rings is 1. The summed E-state index contributed by atoms with van der Waals surface area (Å²) in [7, 11) is 1.84. The Balaban J connectivity index is 1.33. The van der Waals surface area contributed by atoms with E-state index in [4.69, 9.17) is 11.6 Å². The lowest BCUT2D eigenvalue weighted by molar-refractivity contribution is -0.137. The van der Waals surface area contributed by atoms with E-state index < -0.39 is 17.6 Å². The molecule has 0 unspecified atom stereocenters. The highest BCUT2D eigenvalue weighted by atomic mass is 35.5. The van der Waals surface area contributed by atoms with Crippen molar-refractivity contribution >= 4 is 40.1 Å². The number of amides is 2. The first kappa shape index (κ1) is 22.9. The smallest absolute Gasteiger partial charge is 0.355 e. The summed E-state index contributed by atoms with van der Waals surface area (Å²) >= 11 is 6.02. The number of pyridine rings is 1. The van der Waals surface area contributed by atoms with E-state index in [1.54, 1.807) is 11.1 Å². The van der Waals surface area contributed by atoms with Crippen LogP contribution in [0.1, 0.15) is 28.8 Å². The molecule has 174 valence electrons. The van der Waals surface area contributed by atoms with Gasteiger partial charge in [0.05, 0.1) is 16.1 Å². The Morgan fingerprint density at radius 3 is 2.52 bits per heavy atom. The van der Waals surface area contributed by atoms with Crippen LogP contribution in [0.5, 0.6) is 0 Å². The minimum absolute atomic E-state index is 0.0879. The molecular formula is C22H21ClF3N5O2. The van der Waals surface area contributed by atoms with Crippen LogP contribution < -0.4 is 15.8 Å². The van der Waals surface area contributed by atoms with Gasteiger partial charge >= 0.3 is 6.18 Å². The first-order valence-corrected chi connectivity index (χ1v) is 10.6. The summed E-state index contributed by atoms with van der Waals surface area (Å²) in [6.45, 7) is 0.793. The number of hydrazine groups is 1. The van der Waals surface area contributed by atoms with Gasteiger partial charge in [-0.1, -0.05) is 29.8 Å². The normalized spacial score (nSPS) is 15.0. The second-order valence-corrected chi connectivity index (χ2v) is 8.31. The fourth-order valence-corrected chi connectivity index (χ4v) is 4.27. The van der Waals surface area contributed by atoms with E-state index >= 15 is 0 Å². The largest absolute Gasteiger partial charge is 0.417 e. The first-order chi connectivity index (χ1) is 15.6. The van der Waals surface area contributed by atoms with Crippen molar-refractivity contribution < 1.29 is 22.8 Å². The van der Waals surface area contributed by atoms with Gasteiger partial charge in [-0.05, 0) is 25.0 Å². The number of alkyl halides is 3. The summed E-state index contributed by atoms with van der Waals surface area (Å²) < 4.78 is 40.3. The highest BCUT2D eigenvalue weighted by Crippen LogP contribution is 2.34. The molecule has 4 rings (SSSR count). The topological polar surface area (TPSA) is 79.3 Å². The number of fused-ring (bicyclic) bond motifs is 1. The fourth-order valence-electron chi connectivity index (χ4n) is 3.98. The maximum absolute atomic E-state index is 12.8. The number of nitrogens with zero attached hydrogens (tertiary/aromatic N) is 3. The minimum atomic E-state index is -4.52. The third-order valence-electron chi connectivity index (χ3n) is 5.76. The Hall–Kier alpha value is -3.27. The number of hydrogen-bond acceptors (Lipinski definition) is 4. The van der Waals surface area contributed by atoms with Crippen LogP contribution in [0.4, 0.5) is 19.0 Å². The first-order valence-electron chi connectivity index (χ1n) is 10.3. The van der Waals surface area contributed by atoms with E-state index in [2.05, 4.69) is 15.8 Å². The van der Waals surface area contributed by atoms with E-state index in [9.17, 15) is 22.8 Å². The van der Waals surface area contributed by atoms with Gasteiger partial charge in [-0.15, -0.1) is 0 Å². The molecule has 0 atom stereocenters. The van der Waals surface area contributed by atoms with Gasteiger partial charge < -0.3 is 9.47 Å². The summed E-state index contributed by atoms with van der Waals surface area (Å²) in [4.78, 5) is 30.8. The lowest BCUT2D eigenvalue weighted by Crippen LogP contribution is -2.47. The SMILES string of the molecule is Cn1cc(C(=O)NNC(=O)C2CCN(c3ncc(C(F)(F)F)cc3Cl)CC2)c2ccccc21. The number of piperidine rings is 1. The van der Waals surface area contributed by atoms with Crippen molar-refractivity contribution in [3.63, 3.8) is 0 Å². The molecular weight excluding hydrogens is 459 g/mol. The number of rotatable bonds is 3. The number of hydrogen-bond donors (Lipinski definition) is 2. The average Bonchev–Trinajstić information content (AvgIpc) is 3.13. The maximum Gasteiger partial charge on any atom is 0.417 e. The predicted octanol–water partition coefficient (Wildman–Crippen LogP) is 3.92. The van der Waals surface area contributed by atoms with Gasteiger partial charge in [0.2, 0.25) is 5.91 Å². The summed E-state index contributed by atoms with van der Waals surface area (Å²) in [6, 6.07) is 8.30. The van der Waals surface area contributed by atoms with Crippen LogP contribution in [-0.2, 0) is 18.0 Å². The number of halogens is 4. The van der Waals surface area contributed by atoms with Gasteiger partial charge in [0.25, 0.3) is 5.91 Å². The summed E-state index contributed by atoms with van der Waals surface area (Å²) in [5, 5.41) is 0.691. The molecule has 3 heterocycles. The molecule has 1 fully saturated rings. The lowest BCUT2D eigenvalue weighted by Gasteiger charge is -2.32. The molecule has 2 N–H and O–H groups in total. The number of para-hydroxylation sites is 1. The van der Waals surface area contributed by atoms with Crippen molar-refractivity contribution in [1.82, 2.24) is 20.4 Å². The number of aryl methyl sites for hydroxylation is 1. The van der Waals surface area contributed by atoms with Gasteiger partial charge in [-0.3, -0.25) is 20.4 Å². The molecule has 3 aromatic rings. The van der Waals surface area contributed by atoms with E-state index in [0.29, 0.717) is 31.5 Å². The zero-order valence-electron chi connectivity index (χ0n) is 17.6. The zero-order chi connectivity index (χ0) is 23.8. The van der Waals surface area contributed by atoms with E-state index in [0.717, 1.165) is 23.2 Å². The summed E-state index contributed by atoms with van der Waals surface area (Å²) in [6.07, 6.45) is -1.19. The molecule has 0 radical (unpaired) electrons. The number of anilines is 1. The molecule has 1 aliphatic heterocycles. The van der Waals surface area contributed by atoms with Crippen LogP contribution in [0.25, 0.3) is 10.9 Å². The molecule has 7 nitrogen and oxygen atoms in total. The van der Waals surface area contributed by atoms with Crippen LogP contribution in [0.3, 0.4) is 0 Å². The Morgan fingerprint density at radius 2 is 1.85 bits per heavy atom. The molecule has 2 aromatic heterocycles. The fraction of sp³-hybridized carbons (Fsp3) is 0.318. The van der Waals surface area contributed by atoms with Gasteiger partial charge in [0, 0.05) is 49.4 Å². The highest BCUT2D eigenvalue weighted by molar-refractivity contribution is 6.33. The number of nitrogens with one attached hydrogen (secondary N) is 2. The molecule has 1 saturated heterocycles. The van der Waals surface area contributed by atoms with Crippen molar-refractivity contribution in [3.8, 4) is 0 Å². The maximum atomic E-state index is 12.8. The molecule has 0 spiro atoms. The second kappa shape index (κ2) is 8.93. The van der Waals surface area contributed by atoms with E-state index in [-0.39, 0.29) is 22.7 Å². The molecule has 33 heavy (non-hydrogen) atoms. The Bertz CT molecular complexity index is 1200. The molecule has 11 heteroatoms. The molecule has 1 aromatic carbocycles. The third-order valence-corrected chi connectivity index (χ3v) is 6.03. The zero-order valence-corrected chi connectivity index (χ0v) is 18.4. The summed E-state index contributed by atoms with van der Waals surface area (Å²) in [5.41, 5.74) is 5.39. The van der Waals surface area contributed by atoms with Crippen molar-refractivity contribution in [3.05, 3.63) is 58.9 Å². The van der Waals surface area contributed by atoms with Crippen molar-refractivity contribution in [2.24, 2.45) is 13.0 Å². The molecule has 0 saturated carbocycles. The minimum Gasteiger partial charge on any atom is -0.355 e. The Kier molecular flexibility index (Phi) is 6.20. The van der Waals surface area contributed by atoms with Crippen LogP contribution >= 0.6 is 11.6 Å². The summed E-state index contributed by atoms with van der Waals surface area (Å²) in [5.74, 6) is -0.844. The lowest BCUT2D eigenvalue weighted by atomic mass is 9.96. The van der Waals surface area contributed by atoms with Crippen molar-refractivity contribution in [1.29, 1.82) is 0 Å². The Morgan fingerprint density at radius 1 is 1.15 bits per heavy atom. The highest BCUT2D eigenvalue weighted by Gasteiger charge is 2.33. The van der Waals surface area contributed by atoms with E-state index in [1.807, 2.05) is 35.9 Å². The molecule has 1 aliphatic rings. The van der Waals surface area contributed by atoms with Gasteiger partial charge in [0.1, 0.15) is 5.82 Å². The standard InChI is InChI=1S/C22H21ClF3N5O2/c1-30-12-16(15-4-2-3-5-18(15)30)21(33)29-28-20(32)13-6-8-31(9-7-13)19-17(23)10-14(11-27-19)22(24,25)26/h2-5,10-13H,6-9H2,1H3,(H,28,32)(H,29,33). The quantitative estimate of drug-likeness (QED) is 0.558. The van der Waals surface area contributed by atoms with Crippen molar-refractivity contribution in [2.75, 3.05) is 18.0 Å². The number of aromatic nitrogens is 2. The van der Waals surface area contributed by atoms with Crippen molar-refractivity contribution in [2.45, 2.75) is 19.0 Å². The molecule has 2 amide bonds. The molecule has 0 bridgehead atoms. The van der Waals surface area contributed by atoms with Crippen LogP contribution in [-0.4, -0.2) is 34.5 Å². The Labute approximate surface area is 192 Å². The van der Waals surface area contributed by atoms with Gasteiger partial charge in [-0.2, -0.15) is 13.2 Å². The van der Waals surface area contributed by atoms with E-state index in [1.165, 1.54) is 0 Å². The predicted molar refractivity (Wildman–Crippen MR) is 118 cm³/mol. The molecule has 0 aliphatic carbocycles. The van der Waals surface area contributed by atoms with Gasteiger partial charge in [0.15, 0.2) is 0 Å². The van der Waals surface area contributed by atoms with Gasteiger partial charge in [-0.25, -0.2) is 4.98 Å². The number of carbonyl (C=O) groups is 2.